The van der Waals surface area contributed by atoms with Crippen molar-refractivity contribution in [2.75, 3.05) is 18.0 Å². The van der Waals surface area contributed by atoms with E-state index in [-0.39, 0.29) is 5.92 Å². The Morgan fingerprint density at radius 1 is 1.04 bits per heavy atom. The van der Waals surface area contributed by atoms with Crippen molar-refractivity contribution < 1.29 is 14.4 Å². The van der Waals surface area contributed by atoms with E-state index in [1.807, 2.05) is 26.0 Å². The molecule has 0 aliphatic carbocycles. The van der Waals surface area contributed by atoms with Gasteiger partial charge in [0.2, 0.25) is 0 Å². The Morgan fingerprint density at radius 2 is 1.62 bits per heavy atom. The van der Waals surface area contributed by atoms with Crippen molar-refractivity contribution in [1.29, 1.82) is 0 Å². The van der Waals surface area contributed by atoms with Gasteiger partial charge in [-0.05, 0) is 44.0 Å². The molecule has 0 spiro atoms. The molecule has 8 heteroatoms. The smallest absolute Gasteiger partial charge is 0.312 e. The lowest BCUT2D eigenvalue weighted by atomic mass is 9.99. The van der Waals surface area contributed by atoms with E-state index < -0.39 is 23.9 Å². The molecule has 5 N–H and O–H groups in total. The monoisotopic (exact) mass is 363 g/mol. The third-order valence-electron chi connectivity index (χ3n) is 4.35. The summed E-state index contributed by atoms with van der Waals surface area (Å²) in [7, 11) is 0. The Kier molecular flexibility index (Phi) is 8.41. The molecule has 2 atom stereocenters. The molecule has 26 heavy (non-hydrogen) atoms. The third kappa shape index (κ3) is 5.94. The van der Waals surface area contributed by atoms with Crippen LogP contribution >= 0.6 is 0 Å². The Labute approximate surface area is 154 Å². The average Bonchev–Trinajstić information content (AvgIpc) is 2.64. The summed E-state index contributed by atoms with van der Waals surface area (Å²) < 4.78 is 0. The van der Waals surface area contributed by atoms with E-state index in [9.17, 15) is 14.4 Å². The highest BCUT2D eigenvalue weighted by atomic mass is 16.2. The number of hydrogen-bond acceptors (Lipinski definition) is 4. The molecule has 0 bridgehead atoms. The van der Waals surface area contributed by atoms with Crippen molar-refractivity contribution in [3.05, 3.63) is 29.8 Å². The molecule has 0 saturated carbocycles. The number of anilines is 1. The lowest BCUT2D eigenvalue weighted by molar-refractivity contribution is -0.124. The Bertz CT molecular complexity index is 614. The number of urea groups is 1. The van der Waals surface area contributed by atoms with Crippen LogP contribution in [0.4, 0.5) is 10.5 Å². The minimum Gasteiger partial charge on any atom is -0.372 e. The molecule has 144 valence electrons. The number of amides is 4. The quantitative estimate of drug-likeness (QED) is 0.522. The molecule has 1 aromatic carbocycles. The Morgan fingerprint density at radius 3 is 2.08 bits per heavy atom. The van der Waals surface area contributed by atoms with Gasteiger partial charge in [-0.3, -0.25) is 20.4 Å². The van der Waals surface area contributed by atoms with Crippen LogP contribution in [0.15, 0.2) is 24.3 Å². The van der Waals surface area contributed by atoms with Crippen molar-refractivity contribution in [3.63, 3.8) is 0 Å². The number of hydrazine groups is 1. The van der Waals surface area contributed by atoms with Gasteiger partial charge in [-0.1, -0.05) is 20.3 Å². The van der Waals surface area contributed by atoms with Crippen molar-refractivity contribution in [2.45, 2.75) is 40.2 Å². The first kappa shape index (κ1) is 21.3. The zero-order chi connectivity index (χ0) is 19.7. The molecule has 0 radical (unpaired) electrons. The molecule has 0 aromatic heterocycles. The van der Waals surface area contributed by atoms with Gasteiger partial charge in [0, 0.05) is 24.3 Å². The lowest BCUT2D eigenvalue weighted by Crippen LogP contribution is -2.55. The number of benzene rings is 1. The van der Waals surface area contributed by atoms with Crippen LogP contribution in [0.5, 0.6) is 0 Å². The van der Waals surface area contributed by atoms with Gasteiger partial charge >= 0.3 is 6.03 Å². The molecule has 1 rings (SSSR count). The third-order valence-corrected chi connectivity index (χ3v) is 4.35. The van der Waals surface area contributed by atoms with Gasteiger partial charge < -0.3 is 16.0 Å². The summed E-state index contributed by atoms with van der Waals surface area (Å²) in [6, 6.07) is 5.51. The van der Waals surface area contributed by atoms with E-state index in [2.05, 4.69) is 34.9 Å². The zero-order valence-electron chi connectivity index (χ0n) is 15.8. The van der Waals surface area contributed by atoms with Gasteiger partial charge in [0.15, 0.2) is 0 Å². The van der Waals surface area contributed by atoms with E-state index >= 15 is 0 Å². The van der Waals surface area contributed by atoms with Gasteiger partial charge in [0.1, 0.15) is 6.04 Å². The minimum atomic E-state index is -0.817. The lowest BCUT2D eigenvalue weighted by Gasteiger charge is -2.23. The van der Waals surface area contributed by atoms with Crippen LogP contribution in [0.25, 0.3) is 0 Å². The number of nitrogens with one attached hydrogen (secondary N) is 3. The average molecular weight is 363 g/mol. The first-order chi connectivity index (χ1) is 12.3. The summed E-state index contributed by atoms with van der Waals surface area (Å²) in [5, 5.41) is 2.40. The van der Waals surface area contributed by atoms with Gasteiger partial charge in [-0.2, -0.15) is 0 Å². The molecule has 4 amide bonds. The van der Waals surface area contributed by atoms with E-state index in [0.29, 0.717) is 12.0 Å². The largest absolute Gasteiger partial charge is 0.372 e. The number of nitrogens with two attached hydrogens (primary N) is 1. The summed E-state index contributed by atoms with van der Waals surface area (Å²) in [6.07, 6.45) is 0.666. The maximum Gasteiger partial charge on any atom is 0.312 e. The van der Waals surface area contributed by atoms with Crippen LogP contribution in [0.3, 0.4) is 0 Å². The number of rotatable bonds is 8. The van der Waals surface area contributed by atoms with Crippen molar-refractivity contribution in [3.8, 4) is 0 Å². The van der Waals surface area contributed by atoms with E-state index in [4.69, 9.17) is 5.73 Å². The Balaban J connectivity index is 2.69. The highest BCUT2D eigenvalue weighted by molar-refractivity contribution is 5.96. The molecule has 0 aliphatic rings. The van der Waals surface area contributed by atoms with E-state index in [1.165, 1.54) is 0 Å². The molecule has 0 fully saturated rings. The van der Waals surface area contributed by atoms with Gasteiger partial charge in [0.25, 0.3) is 11.8 Å². The zero-order valence-corrected chi connectivity index (χ0v) is 15.8. The normalized spacial score (nSPS) is 12.6. The van der Waals surface area contributed by atoms with Crippen LogP contribution in [-0.2, 0) is 4.79 Å². The predicted octanol–water partition coefficient (Wildman–Crippen LogP) is 1.38. The minimum absolute atomic E-state index is 0.132. The number of carbonyl (C=O) groups excluding carboxylic acids is 3. The second-order valence-electron chi connectivity index (χ2n) is 6.03. The number of carbonyl (C=O) groups is 3. The fourth-order valence-electron chi connectivity index (χ4n) is 2.54. The maximum absolute atomic E-state index is 12.2. The fraction of sp³-hybridized carbons (Fsp3) is 0.500. The van der Waals surface area contributed by atoms with Crippen LogP contribution in [0, 0.1) is 5.92 Å². The molecule has 0 saturated heterocycles. The second kappa shape index (κ2) is 10.3. The fourth-order valence-corrected chi connectivity index (χ4v) is 2.54. The van der Waals surface area contributed by atoms with Crippen LogP contribution in [0.2, 0.25) is 0 Å². The molecule has 0 unspecified atom stereocenters. The summed E-state index contributed by atoms with van der Waals surface area (Å²) in [5.41, 5.74) is 11.3. The van der Waals surface area contributed by atoms with E-state index in [1.54, 1.807) is 12.1 Å². The number of nitrogens with zero attached hydrogens (tertiary/aromatic N) is 1. The predicted molar refractivity (Wildman–Crippen MR) is 102 cm³/mol. The summed E-state index contributed by atoms with van der Waals surface area (Å²) in [6.45, 7) is 9.59. The van der Waals surface area contributed by atoms with Gasteiger partial charge in [0.05, 0.1) is 0 Å². The van der Waals surface area contributed by atoms with Gasteiger partial charge in [-0.15, -0.1) is 0 Å². The topological polar surface area (TPSA) is 117 Å². The van der Waals surface area contributed by atoms with Crippen LogP contribution < -0.4 is 26.8 Å². The summed E-state index contributed by atoms with van der Waals surface area (Å²) in [5.74, 6) is -1.09. The Hall–Kier alpha value is -2.77. The SMILES string of the molecule is CC[C@H](C)[C@H](NC(N)=O)C(=O)NNC(=O)c1ccc(N(CC)CC)cc1. The summed E-state index contributed by atoms with van der Waals surface area (Å²) >= 11 is 0. The number of primary amides is 1. The molecule has 8 nitrogen and oxygen atoms in total. The highest BCUT2D eigenvalue weighted by Crippen LogP contribution is 2.14. The van der Waals surface area contributed by atoms with E-state index in [0.717, 1.165) is 18.8 Å². The molecule has 0 aliphatic heterocycles. The molecule has 0 heterocycles. The van der Waals surface area contributed by atoms with Crippen LogP contribution in [-0.4, -0.2) is 37.0 Å². The van der Waals surface area contributed by atoms with Crippen molar-refractivity contribution >= 4 is 23.5 Å². The standard InChI is InChI=1S/C18H29N5O3/c1-5-12(4)15(20-18(19)26)17(25)22-21-16(24)13-8-10-14(11-9-13)23(6-2)7-3/h8-12,15H,5-7H2,1-4H3,(H,21,24)(H,22,25)(H3,19,20,26)/t12-,15-/m0/s1. The number of hydrogen-bond donors (Lipinski definition) is 4. The van der Waals surface area contributed by atoms with Gasteiger partial charge in [-0.25, -0.2) is 4.79 Å². The second-order valence-corrected chi connectivity index (χ2v) is 6.03. The summed E-state index contributed by atoms with van der Waals surface area (Å²) in [4.78, 5) is 37.7. The molecular weight excluding hydrogens is 334 g/mol. The first-order valence-corrected chi connectivity index (χ1v) is 8.85. The van der Waals surface area contributed by atoms with Crippen molar-refractivity contribution in [1.82, 2.24) is 16.2 Å². The van der Waals surface area contributed by atoms with Crippen molar-refractivity contribution in [2.24, 2.45) is 11.7 Å². The molecular formula is C18H29N5O3. The molecule has 1 aromatic rings. The first-order valence-electron chi connectivity index (χ1n) is 8.85. The maximum atomic E-state index is 12.2. The highest BCUT2D eigenvalue weighted by Gasteiger charge is 2.25. The van der Waals surface area contributed by atoms with Crippen LogP contribution in [0.1, 0.15) is 44.5 Å².